The molecule has 0 unspecified atom stereocenters. The molecule has 0 aromatic heterocycles. The number of carboxylic acids is 4. The minimum Gasteiger partial charge on any atom is -0.481 e. The first kappa shape index (κ1) is 32.4. The van der Waals surface area contributed by atoms with Gasteiger partial charge < -0.3 is 20.4 Å². The maximum absolute atomic E-state index is 10.3. The Bertz CT molecular complexity index is 461. The van der Waals surface area contributed by atoms with E-state index in [9.17, 15) is 8.42 Å². The fraction of sp³-hybridized carbons (Fsp3) is 0.714. The lowest BCUT2D eigenvalue weighted by molar-refractivity contribution is -0.135. The van der Waals surface area contributed by atoms with Gasteiger partial charge in [-0.25, -0.2) is 0 Å². The first-order valence-corrected chi connectivity index (χ1v) is 8.98. The minimum absolute atomic E-state index is 0.0428. The van der Waals surface area contributed by atoms with Gasteiger partial charge in [0, 0.05) is 33.7 Å². The molecule has 6 N–H and O–H groups in total. The van der Waals surface area contributed by atoms with Crippen LogP contribution in [0.15, 0.2) is 0 Å². The van der Waals surface area contributed by atoms with Crippen molar-refractivity contribution in [3.63, 3.8) is 0 Å². The Morgan fingerprint density at radius 3 is 1.11 bits per heavy atom. The number of carboxylic acid groups (broad SMARTS) is 4. The minimum atomic E-state index is -3.97. The average Bonchev–Trinajstić information content (AvgIpc) is 2.34. The van der Waals surface area contributed by atoms with Crippen LogP contribution in [0.1, 0.15) is 59.8 Å². The quantitative estimate of drug-likeness (QED) is 0.348. The second kappa shape index (κ2) is 20.1. The zero-order valence-electron chi connectivity index (χ0n) is 15.7. The topological polar surface area (TPSA) is 216 Å². The van der Waals surface area contributed by atoms with Crippen LogP contribution in [0.4, 0.5) is 0 Å². The summed E-state index contributed by atoms with van der Waals surface area (Å²) in [7, 11) is -3.97. The number of aliphatic carboxylic acids is 4. The lowest BCUT2D eigenvalue weighted by Crippen LogP contribution is -2.35. The highest BCUT2D eigenvalue weighted by molar-refractivity contribution is 7.83. The monoisotopic (exact) mass is 419 g/mol. The van der Waals surface area contributed by atoms with Gasteiger partial charge in [0.2, 0.25) is 0 Å². The van der Waals surface area contributed by atoms with Crippen LogP contribution >= 0.6 is 0 Å². The molecule has 0 spiro atoms. The lowest BCUT2D eigenvalue weighted by Gasteiger charge is -2.20. The summed E-state index contributed by atoms with van der Waals surface area (Å²) in [4.78, 5) is 36.0. The third kappa shape index (κ3) is 97.2. The average molecular weight is 419 g/mol. The zero-order chi connectivity index (χ0) is 22.6. The number of rotatable bonds is 2. The molecule has 0 amide bonds. The molecule has 0 radical (unpaired) electrons. The molecule has 27 heavy (non-hydrogen) atoms. The normalized spacial score (nSPS) is 12.6. The van der Waals surface area contributed by atoms with Crippen LogP contribution in [0.25, 0.3) is 0 Å². The summed E-state index contributed by atoms with van der Waals surface area (Å²) in [5.41, 5.74) is 0. The summed E-state index contributed by atoms with van der Waals surface area (Å²) < 4.78 is 31.3. The fourth-order valence-electron chi connectivity index (χ4n) is 1.43. The van der Waals surface area contributed by atoms with E-state index in [0.29, 0.717) is 0 Å². The Morgan fingerprint density at radius 2 is 0.926 bits per heavy atom. The van der Waals surface area contributed by atoms with E-state index in [1.807, 2.05) is 0 Å². The van der Waals surface area contributed by atoms with E-state index < -0.39 is 34.2 Å². The van der Waals surface area contributed by atoms with Gasteiger partial charge in [-0.1, -0.05) is 19.3 Å². The predicted molar refractivity (Wildman–Crippen MR) is 94.8 cm³/mol. The predicted octanol–water partition coefficient (Wildman–Crippen LogP) is 1.08. The van der Waals surface area contributed by atoms with Gasteiger partial charge in [-0.3, -0.25) is 23.7 Å². The Labute approximate surface area is 158 Å². The van der Waals surface area contributed by atoms with Crippen LogP contribution in [0.3, 0.4) is 0 Å². The molecule has 0 bridgehead atoms. The van der Waals surface area contributed by atoms with E-state index in [1.54, 1.807) is 0 Å². The first-order valence-electron chi connectivity index (χ1n) is 7.54. The van der Waals surface area contributed by atoms with Gasteiger partial charge in [0.15, 0.2) is 0 Å². The summed E-state index contributed by atoms with van der Waals surface area (Å²) in [6.45, 7) is 4.33. The molecule has 0 aromatic carbocycles. The van der Waals surface area contributed by atoms with E-state index in [-0.39, 0.29) is 6.04 Å². The van der Waals surface area contributed by atoms with Gasteiger partial charge in [0.1, 0.15) is 0 Å². The standard InChI is InChI=1S/C6H13NO3S.4C2H4O2/c8-11(9,10)7-6-4-2-1-3-5-6;4*1-2(3)4/h6-7H,1-5H2,(H,8,9,10);4*1H3,(H,3,4). The lowest BCUT2D eigenvalue weighted by atomic mass is 9.96. The molecule has 0 aromatic rings. The first-order chi connectivity index (χ1) is 12.0. The molecule has 0 heterocycles. The fourth-order valence-corrected chi connectivity index (χ4v) is 2.09. The van der Waals surface area contributed by atoms with Crippen molar-refractivity contribution in [2.75, 3.05) is 0 Å². The summed E-state index contributed by atoms with van der Waals surface area (Å²) in [6.07, 6.45) is 4.96. The van der Waals surface area contributed by atoms with Gasteiger partial charge in [0.05, 0.1) is 0 Å². The molecular weight excluding hydrogens is 390 g/mol. The number of hydrogen-bond donors (Lipinski definition) is 6. The van der Waals surface area contributed by atoms with Crippen molar-refractivity contribution in [3.8, 4) is 0 Å². The Kier molecular flexibility index (Phi) is 24.1. The highest BCUT2D eigenvalue weighted by Crippen LogP contribution is 2.17. The molecule has 1 fully saturated rings. The van der Waals surface area contributed by atoms with Crippen LogP contribution in [-0.4, -0.2) is 63.3 Å². The van der Waals surface area contributed by atoms with E-state index in [4.69, 9.17) is 44.2 Å². The second-order valence-electron chi connectivity index (χ2n) is 5.00. The zero-order valence-corrected chi connectivity index (χ0v) is 16.5. The van der Waals surface area contributed by atoms with Crippen LogP contribution in [0, 0.1) is 0 Å². The van der Waals surface area contributed by atoms with Crippen LogP contribution in [0.2, 0.25) is 0 Å². The van der Waals surface area contributed by atoms with Crippen molar-refractivity contribution in [2.24, 2.45) is 0 Å². The maximum atomic E-state index is 10.3. The highest BCUT2D eigenvalue weighted by Gasteiger charge is 2.17. The molecule has 0 saturated heterocycles. The molecular formula is C14H29NO11S. The van der Waals surface area contributed by atoms with Crippen molar-refractivity contribution < 1.29 is 52.6 Å². The van der Waals surface area contributed by atoms with Crippen LogP contribution < -0.4 is 4.72 Å². The molecule has 0 atom stereocenters. The van der Waals surface area contributed by atoms with Crippen molar-refractivity contribution >= 4 is 34.2 Å². The van der Waals surface area contributed by atoms with E-state index in [1.165, 1.54) is 6.42 Å². The Balaban J connectivity index is -0.000000139. The largest absolute Gasteiger partial charge is 0.481 e. The SMILES string of the molecule is CC(=O)O.CC(=O)O.CC(=O)O.CC(=O)O.O=S(=O)(O)NC1CCCCC1. The van der Waals surface area contributed by atoms with Crippen molar-refractivity contribution in [3.05, 3.63) is 0 Å². The summed E-state index contributed by atoms with van der Waals surface area (Å²) in [5.74, 6) is -3.33. The number of carbonyl (C=O) groups is 4. The highest BCUT2D eigenvalue weighted by atomic mass is 32.2. The second-order valence-corrected chi connectivity index (χ2v) is 6.19. The smallest absolute Gasteiger partial charge is 0.333 e. The van der Waals surface area contributed by atoms with Gasteiger partial charge in [0.25, 0.3) is 23.9 Å². The van der Waals surface area contributed by atoms with Gasteiger partial charge in [-0.05, 0) is 12.8 Å². The third-order valence-electron chi connectivity index (χ3n) is 1.92. The van der Waals surface area contributed by atoms with Crippen molar-refractivity contribution in [2.45, 2.75) is 65.8 Å². The van der Waals surface area contributed by atoms with Gasteiger partial charge >= 0.3 is 10.3 Å². The summed E-state index contributed by atoms with van der Waals surface area (Å²) >= 11 is 0. The molecule has 0 aliphatic heterocycles. The molecule has 1 aliphatic rings. The molecule has 1 rings (SSSR count). The summed E-state index contributed by atoms with van der Waals surface area (Å²) in [5, 5.41) is 29.7. The van der Waals surface area contributed by atoms with E-state index in [0.717, 1.165) is 53.4 Å². The molecule has 12 nitrogen and oxygen atoms in total. The molecule has 1 aliphatic carbocycles. The maximum Gasteiger partial charge on any atom is 0.333 e. The Morgan fingerprint density at radius 1 is 0.704 bits per heavy atom. The van der Waals surface area contributed by atoms with E-state index in [2.05, 4.69) is 4.72 Å². The van der Waals surface area contributed by atoms with Crippen molar-refractivity contribution in [1.82, 2.24) is 4.72 Å². The molecule has 13 heteroatoms. The summed E-state index contributed by atoms with van der Waals surface area (Å²) in [6, 6.07) is -0.0428. The van der Waals surface area contributed by atoms with Gasteiger partial charge in [-0.2, -0.15) is 13.1 Å². The van der Waals surface area contributed by atoms with E-state index >= 15 is 0 Å². The van der Waals surface area contributed by atoms with Gasteiger partial charge in [-0.15, -0.1) is 0 Å². The van der Waals surface area contributed by atoms with Crippen LogP contribution in [0.5, 0.6) is 0 Å². The molecule has 162 valence electrons. The van der Waals surface area contributed by atoms with Crippen molar-refractivity contribution in [1.29, 1.82) is 0 Å². The Hall–Kier alpha value is -2.25. The molecule has 1 saturated carbocycles. The number of nitrogens with one attached hydrogen (secondary N) is 1. The third-order valence-corrected chi connectivity index (χ3v) is 2.55. The number of hydrogen-bond acceptors (Lipinski definition) is 6. The van der Waals surface area contributed by atoms with Crippen LogP contribution in [-0.2, 0) is 29.5 Å².